The van der Waals surface area contributed by atoms with Gasteiger partial charge in [0.25, 0.3) is 0 Å². The number of ketones is 1. The number of carbonyl (C=O) groups excluding carboxylic acids is 1. The first-order chi connectivity index (χ1) is 9.13. The lowest BCUT2D eigenvalue weighted by Gasteiger charge is -2.03. The van der Waals surface area contributed by atoms with E-state index in [1.54, 1.807) is 12.4 Å². The fourth-order valence-electron chi connectivity index (χ4n) is 1.84. The van der Waals surface area contributed by atoms with Crippen LogP contribution >= 0.6 is 15.9 Å². The highest BCUT2D eigenvalue weighted by Gasteiger charge is 2.05. The Balaban J connectivity index is 1.86. The van der Waals surface area contributed by atoms with Crippen molar-refractivity contribution in [1.82, 2.24) is 4.98 Å². The molecule has 2 aromatic rings. The van der Waals surface area contributed by atoms with E-state index in [1.807, 2.05) is 30.3 Å². The largest absolute Gasteiger partial charge is 0.399 e. The second kappa shape index (κ2) is 6.48. The smallest absolute Gasteiger partial charge is 0.137 e. The summed E-state index contributed by atoms with van der Waals surface area (Å²) in [5, 5.41) is 0. The van der Waals surface area contributed by atoms with Gasteiger partial charge in [0.2, 0.25) is 0 Å². The van der Waals surface area contributed by atoms with E-state index >= 15 is 0 Å². The van der Waals surface area contributed by atoms with Gasteiger partial charge in [-0.25, -0.2) is 0 Å². The van der Waals surface area contributed by atoms with E-state index in [0.717, 1.165) is 27.7 Å². The summed E-state index contributed by atoms with van der Waals surface area (Å²) >= 11 is 3.35. The van der Waals surface area contributed by atoms with Crippen molar-refractivity contribution in [1.29, 1.82) is 0 Å². The molecule has 0 aliphatic heterocycles. The second-order valence-electron chi connectivity index (χ2n) is 4.47. The summed E-state index contributed by atoms with van der Waals surface area (Å²) in [6.07, 6.45) is 5.16. The molecule has 0 radical (unpaired) electrons. The molecule has 0 saturated heterocycles. The Kier molecular flexibility index (Phi) is 4.68. The van der Waals surface area contributed by atoms with Gasteiger partial charge >= 0.3 is 0 Å². The number of aryl methyl sites for hydroxylation is 1. The standard InChI is InChI=1S/C15H15BrN2O/c16-13-7-12(9-18-10-13)8-15(19)6-3-11-1-4-14(17)5-2-11/h1-2,4-5,7,9-10H,3,6,8,17H2. The lowest BCUT2D eigenvalue weighted by molar-refractivity contribution is -0.118. The molecule has 0 fully saturated rings. The van der Waals surface area contributed by atoms with E-state index in [1.165, 1.54) is 0 Å². The summed E-state index contributed by atoms with van der Waals surface area (Å²) in [6.45, 7) is 0. The third-order valence-corrected chi connectivity index (χ3v) is 3.27. The van der Waals surface area contributed by atoms with E-state index in [4.69, 9.17) is 5.73 Å². The van der Waals surface area contributed by atoms with Crippen molar-refractivity contribution >= 4 is 27.4 Å². The van der Waals surface area contributed by atoms with Crippen LogP contribution in [-0.2, 0) is 17.6 Å². The molecule has 3 nitrogen and oxygen atoms in total. The van der Waals surface area contributed by atoms with Gasteiger partial charge in [-0.3, -0.25) is 9.78 Å². The van der Waals surface area contributed by atoms with E-state index in [-0.39, 0.29) is 5.78 Å². The Labute approximate surface area is 121 Å². The Morgan fingerprint density at radius 3 is 2.58 bits per heavy atom. The highest BCUT2D eigenvalue weighted by Crippen LogP contribution is 2.12. The van der Waals surface area contributed by atoms with Gasteiger partial charge in [0, 0.05) is 35.4 Å². The zero-order chi connectivity index (χ0) is 13.7. The van der Waals surface area contributed by atoms with Crippen molar-refractivity contribution in [3.63, 3.8) is 0 Å². The molecule has 1 aromatic carbocycles. The van der Waals surface area contributed by atoms with Crippen molar-refractivity contribution in [2.45, 2.75) is 19.3 Å². The van der Waals surface area contributed by atoms with Crippen molar-refractivity contribution < 1.29 is 4.79 Å². The number of benzene rings is 1. The van der Waals surface area contributed by atoms with Crippen LogP contribution in [0.4, 0.5) is 5.69 Å². The van der Waals surface area contributed by atoms with Gasteiger partial charge in [0.05, 0.1) is 0 Å². The van der Waals surface area contributed by atoms with Crippen molar-refractivity contribution in [2.75, 3.05) is 5.73 Å². The molecule has 0 unspecified atom stereocenters. The third-order valence-electron chi connectivity index (χ3n) is 2.84. The fourth-order valence-corrected chi connectivity index (χ4v) is 2.25. The van der Waals surface area contributed by atoms with Crippen LogP contribution in [0.1, 0.15) is 17.5 Å². The summed E-state index contributed by atoms with van der Waals surface area (Å²) < 4.78 is 0.899. The molecular weight excluding hydrogens is 304 g/mol. The predicted molar refractivity (Wildman–Crippen MR) is 79.8 cm³/mol. The van der Waals surface area contributed by atoms with E-state index in [2.05, 4.69) is 20.9 Å². The molecule has 98 valence electrons. The molecule has 1 heterocycles. The molecule has 19 heavy (non-hydrogen) atoms. The molecule has 0 saturated carbocycles. The number of nitrogen functional groups attached to an aromatic ring is 1. The minimum absolute atomic E-state index is 0.219. The number of nitrogens with zero attached hydrogens (tertiary/aromatic N) is 1. The molecule has 0 bridgehead atoms. The number of carbonyl (C=O) groups is 1. The molecule has 0 amide bonds. The Bertz CT molecular complexity index is 567. The van der Waals surface area contributed by atoms with Crippen molar-refractivity contribution in [2.24, 2.45) is 0 Å². The van der Waals surface area contributed by atoms with Crippen LogP contribution in [0.2, 0.25) is 0 Å². The van der Waals surface area contributed by atoms with E-state index < -0.39 is 0 Å². The highest BCUT2D eigenvalue weighted by atomic mass is 79.9. The summed E-state index contributed by atoms with van der Waals surface area (Å²) in [4.78, 5) is 15.9. The maximum Gasteiger partial charge on any atom is 0.137 e. The van der Waals surface area contributed by atoms with Crippen LogP contribution in [0, 0.1) is 0 Å². The first kappa shape index (κ1) is 13.7. The first-order valence-electron chi connectivity index (χ1n) is 6.09. The molecule has 0 atom stereocenters. The average Bonchev–Trinajstić information content (AvgIpc) is 2.38. The van der Waals surface area contributed by atoms with Gasteiger partial charge in [0.15, 0.2) is 0 Å². The number of pyridine rings is 1. The Morgan fingerprint density at radius 1 is 1.16 bits per heavy atom. The molecular formula is C15H15BrN2O. The van der Waals surface area contributed by atoms with Crippen LogP contribution in [0.15, 0.2) is 47.2 Å². The molecule has 4 heteroatoms. The number of Topliss-reactive ketones (excluding diaryl/α,β-unsaturated/α-hetero) is 1. The molecule has 1 aromatic heterocycles. The van der Waals surface area contributed by atoms with Crippen molar-refractivity contribution in [3.05, 3.63) is 58.3 Å². The maximum absolute atomic E-state index is 11.9. The number of nitrogens with two attached hydrogens (primary N) is 1. The monoisotopic (exact) mass is 318 g/mol. The highest BCUT2D eigenvalue weighted by molar-refractivity contribution is 9.10. The molecule has 0 spiro atoms. The number of hydrogen-bond donors (Lipinski definition) is 1. The average molecular weight is 319 g/mol. The van der Waals surface area contributed by atoms with Gasteiger partial charge in [-0.05, 0) is 51.7 Å². The number of halogens is 1. The van der Waals surface area contributed by atoms with E-state index in [9.17, 15) is 4.79 Å². The quantitative estimate of drug-likeness (QED) is 0.861. The Hall–Kier alpha value is -1.68. The summed E-state index contributed by atoms with van der Waals surface area (Å²) in [5.74, 6) is 0.219. The SMILES string of the molecule is Nc1ccc(CCC(=O)Cc2cncc(Br)c2)cc1. The third kappa shape index (κ3) is 4.48. The zero-order valence-corrected chi connectivity index (χ0v) is 12.1. The first-order valence-corrected chi connectivity index (χ1v) is 6.88. The van der Waals surface area contributed by atoms with Gasteiger partial charge < -0.3 is 5.73 Å². The van der Waals surface area contributed by atoms with Gasteiger partial charge in [-0.15, -0.1) is 0 Å². The van der Waals surface area contributed by atoms with E-state index in [0.29, 0.717) is 12.8 Å². The lowest BCUT2D eigenvalue weighted by Crippen LogP contribution is -2.04. The molecule has 2 rings (SSSR count). The maximum atomic E-state index is 11.9. The normalized spacial score (nSPS) is 10.4. The minimum Gasteiger partial charge on any atom is -0.399 e. The lowest BCUT2D eigenvalue weighted by atomic mass is 10.0. The summed E-state index contributed by atoms with van der Waals surface area (Å²) in [5.41, 5.74) is 8.44. The van der Waals surface area contributed by atoms with Crippen LogP contribution in [-0.4, -0.2) is 10.8 Å². The van der Waals surface area contributed by atoms with Crippen molar-refractivity contribution in [3.8, 4) is 0 Å². The predicted octanol–water partition coefficient (Wildman–Crippen LogP) is 3.17. The van der Waals surface area contributed by atoms with Crippen LogP contribution < -0.4 is 5.73 Å². The van der Waals surface area contributed by atoms with Gasteiger partial charge in [0.1, 0.15) is 5.78 Å². The van der Waals surface area contributed by atoms with Crippen LogP contribution in [0.5, 0.6) is 0 Å². The topological polar surface area (TPSA) is 56.0 Å². The van der Waals surface area contributed by atoms with Gasteiger partial charge in [-0.2, -0.15) is 0 Å². The number of hydrogen-bond acceptors (Lipinski definition) is 3. The minimum atomic E-state index is 0.219. The molecule has 0 aliphatic carbocycles. The fraction of sp³-hybridized carbons (Fsp3) is 0.200. The molecule has 0 aliphatic rings. The van der Waals surface area contributed by atoms with Crippen LogP contribution in [0.3, 0.4) is 0 Å². The number of anilines is 1. The number of rotatable bonds is 5. The number of aromatic nitrogens is 1. The summed E-state index contributed by atoms with van der Waals surface area (Å²) in [6, 6.07) is 9.57. The zero-order valence-electron chi connectivity index (χ0n) is 10.5. The van der Waals surface area contributed by atoms with Crippen LogP contribution in [0.25, 0.3) is 0 Å². The summed E-state index contributed by atoms with van der Waals surface area (Å²) in [7, 11) is 0. The Morgan fingerprint density at radius 2 is 1.89 bits per heavy atom. The van der Waals surface area contributed by atoms with Gasteiger partial charge in [-0.1, -0.05) is 12.1 Å². The second-order valence-corrected chi connectivity index (χ2v) is 5.38. The molecule has 2 N–H and O–H groups in total.